The first kappa shape index (κ1) is 15.2. The van der Waals surface area contributed by atoms with Gasteiger partial charge in [0.2, 0.25) is 17.7 Å². The zero-order valence-corrected chi connectivity index (χ0v) is 12.3. The van der Waals surface area contributed by atoms with E-state index in [0.717, 1.165) is 12.8 Å². The van der Waals surface area contributed by atoms with Gasteiger partial charge in [-0.25, -0.2) is 4.98 Å². The van der Waals surface area contributed by atoms with Crippen molar-refractivity contribution in [1.82, 2.24) is 20.2 Å². The number of ether oxygens (including phenoxy) is 1. The summed E-state index contributed by atoms with van der Waals surface area (Å²) in [4.78, 5) is 32.8. The number of piperidine rings is 1. The molecule has 1 aliphatic heterocycles. The summed E-state index contributed by atoms with van der Waals surface area (Å²) in [5.74, 6) is 0.896. The van der Waals surface area contributed by atoms with Crippen molar-refractivity contribution in [3.8, 4) is 5.88 Å². The summed E-state index contributed by atoms with van der Waals surface area (Å²) in [5.41, 5.74) is 0. The van der Waals surface area contributed by atoms with Gasteiger partial charge in [-0.1, -0.05) is 0 Å². The van der Waals surface area contributed by atoms with Gasteiger partial charge in [0.25, 0.3) is 0 Å². The van der Waals surface area contributed by atoms with Crippen LogP contribution in [0.3, 0.4) is 0 Å². The molecule has 2 heterocycles. The smallest absolute Gasteiger partial charge is 0.242 e. The summed E-state index contributed by atoms with van der Waals surface area (Å²) in [6.45, 7) is 4.45. The minimum absolute atomic E-state index is 0.0364. The highest BCUT2D eigenvalue weighted by Crippen LogP contribution is 2.16. The molecule has 1 aromatic rings. The molecule has 1 N–H and O–H groups in total. The van der Waals surface area contributed by atoms with E-state index in [0.29, 0.717) is 24.8 Å². The first-order valence-corrected chi connectivity index (χ1v) is 7.03. The molecule has 1 saturated heterocycles. The summed E-state index contributed by atoms with van der Waals surface area (Å²) in [7, 11) is 0. The minimum Gasteiger partial charge on any atom is -0.472 e. The largest absolute Gasteiger partial charge is 0.472 e. The van der Waals surface area contributed by atoms with Gasteiger partial charge in [0, 0.05) is 25.7 Å². The van der Waals surface area contributed by atoms with Crippen LogP contribution in [0.5, 0.6) is 5.88 Å². The molecule has 1 aliphatic rings. The number of carbonyl (C=O) groups excluding carboxylic acids is 2. The number of aryl methyl sites for hydroxylation is 1. The van der Waals surface area contributed by atoms with Crippen molar-refractivity contribution >= 4 is 11.8 Å². The van der Waals surface area contributed by atoms with Crippen molar-refractivity contribution in [2.45, 2.75) is 32.8 Å². The van der Waals surface area contributed by atoms with Crippen LogP contribution in [0.2, 0.25) is 0 Å². The van der Waals surface area contributed by atoms with E-state index >= 15 is 0 Å². The van der Waals surface area contributed by atoms with Gasteiger partial charge in [-0.2, -0.15) is 4.98 Å². The molecule has 1 fully saturated rings. The summed E-state index contributed by atoms with van der Waals surface area (Å²) in [6, 6.07) is 1.71. The number of hydrogen-bond acceptors (Lipinski definition) is 5. The van der Waals surface area contributed by atoms with Gasteiger partial charge in [0.1, 0.15) is 11.9 Å². The molecule has 2 rings (SSSR count). The number of rotatable bonds is 4. The van der Waals surface area contributed by atoms with Crippen LogP contribution in [-0.4, -0.2) is 52.4 Å². The Morgan fingerprint density at radius 2 is 2.33 bits per heavy atom. The lowest BCUT2D eigenvalue weighted by atomic mass is 10.1. The standard InChI is InChI=1S/C14H20N4O3/c1-10-15-6-5-13(17-10)21-12-4-3-7-18(9-12)14(20)8-16-11(2)19/h5-6,12H,3-4,7-9H2,1-2H3,(H,16,19). The number of carbonyl (C=O) groups is 2. The van der Waals surface area contributed by atoms with E-state index in [1.165, 1.54) is 6.92 Å². The van der Waals surface area contributed by atoms with Gasteiger partial charge in [-0.3, -0.25) is 9.59 Å². The molecule has 7 heteroatoms. The zero-order valence-electron chi connectivity index (χ0n) is 12.3. The van der Waals surface area contributed by atoms with Crippen LogP contribution in [-0.2, 0) is 9.59 Å². The van der Waals surface area contributed by atoms with Crippen molar-refractivity contribution in [2.75, 3.05) is 19.6 Å². The molecule has 1 unspecified atom stereocenters. The number of nitrogens with one attached hydrogen (secondary N) is 1. The van der Waals surface area contributed by atoms with E-state index in [2.05, 4.69) is 15.3 Å². The van der Waals surface area contributed by atoms with Crippen LogP contribution < -0.4 is 10.1 Å². The second-order valence-electron chi connectivity index (χ2n) is 5.07. The lowest BCUT2D eigenvalue weighted by Gasteiger charge is -2.32. The number of nitrogens with zero attached hydrogens (tertiary/aromatic N) is 3. The predicted octanol–water partition coefficient (Wildman–Crippen LogP) is 0.291. The fourth-order valence-electron chi connectivity index (χ4n) is 2.24. The molecule has 0 saturated carbocycles. The Balaban J connectivity index is 1.88. The molecule has 1 atom stereocenters. The van der Waals surface area contributed by atoms with Crippen LogP contribution in [0.4, 0.5) is 0 Å². The Hall–Kier alpha value is -2.18. The average Bonchev–Trinajstić information content (AvgIpc) is 2.45. The first-order chi connectivity index (χ1) is 10.0. The molecule has 0 aliphatic carbocycles. The Morgan fingerprint density at radius 3 is 3.05 bits per heavy atom. The number of hydrogen-bond donors (Lipinski definition) is 1. The third-order valence-electron chi connectivity index (χ3n) is 3.26. The summed E-state index contributed by atoms with van der Waals surface area (Å²) in [5, 5.41) is 2.52. The zero-order chi connectivity index (χ0) is 15.2. The average molecular weight is 292 g/mol. The van der Waals surface area contributed by atoms with Gasteiger partial charge in [0.05, 0.1) is 13.1 Å². The topological polar surface area (TPSA) is 84.4 Å². The summed E-state index contributed by atoms with van der Waals surface area (Å²) < 4.78 is 5.81. The fraction of sp³-hybridized carbons (Fsp3) is 0.571. The van der Waals surface area contributed by atoms with Gasteiger partial charge in [-0.15, -0.1) is 0 Å². The van der Waals surface area contributed by atoms with Gasteiger partial charge < -0.3 is 15.0 Å². The maximum absolute atomic E-state index is 12.0. The van der Waals surface area contributed by atoms with Crippen molar-refractivity contribution in [2.24, 2.45) is 0 Å². The second-order valence-corrected chi connectivity index (χ2v) is 5.07. The van der Waals surface area contributed by atoms with Crippen molar-refractivity contribution < 1.29 is 14.3 Å². The van der Waals surface area contributed by atoms with Crippen LogP contribution in [0.15, 0.2) is 12.3 Å². The van der Waals surface area contributed by atoms with Crippen LogP contribution >= 0.6 is 0 Å². The van der Waals surface area contributed by atoms with E-state index in [9.17, 15) is 9.59 Å². The third kappa shape index (κ3) is 4.70. The normalized spacial score (nSPS) is 18.2. The van der Waals surface area contributed by atoms with Crippen molar-refractivity contribution in [3.63, 3.8) is 0 Å². The highest BCUT2D eigenvalue weighted by atomic mass is 16.5. The molecular formula is C14H20N4O3. The van der Waals surface area contributed by atoms with Crippen molar-refractivity contribution in [1.29, 1.82) is 0 Å². The number of aromatic nitrogens is 2. The van der Waals surface area contributed by atoms with E-state index in [1.54, 1.807) is 24.1 Å². The highest BCUT2D eigenvalue weighted by Gasteiger charge is 2.25. The second kappa shape index (κ2) is 7.01. The molecule has 114 valence electrons. The van der Waals surface area contributed by atoms with Gasteiger partial charge in [-0.05, 0) is 19.8 Å². The van der Waals surface area contributed by atoms with Crippen molar-refractivity contribution in [3.05, 3.63) is 18.1 Å². The van der Waals surface area contributed by atoms with E-state index in [4.69, 9.17) is 4.74 Å². The Bertz CT molecular complexity index is 521. The van der Waals surface area contributed by atoms with Crippen LogP contribution in [0.25, 0.3) is 0 Å². The number of likely N-dealkylation sites (tertiary alicyclic amines) is 1. The molecule has 0 bridgehead atoms. The molecule has 0 spiro atoms. The maximum Gasteiger partial charge on any atom is 0.242 e. The molecule has 2 amide bonds. The Morgan fingerprint density at radius 1 is 1.52 bits per heavy atom. The molecule has 0 radical (unpaired) electrons. The van der Waals surface area contributed by atoms with E-state index in [-0.39, 0.29) is 24.5 Å². The predicted molar refractivity (Wildman–Crippen MR) is 75.7 cm³/mol. The van der Waals surface area contributed by atoms with Gasteiger partial charge in [0.15, 0.2) is 0 Å². The summed E-state index contributed by atoms with van der Waals surface area (Å²) in [6.07, 6.45) is 3.34. The highest BCUT2D eigenvalue weighted by molar-refractivity contribution is 5.83. The molecule has 7 nitrogen and oxygen atoms in total. The summed E-state index contributed by atoms with van der Waals surface area (Å²) >= 11 is 0. The van der Waals surface area contributed by atoms with E-state index in [1.807, 2.05) is 0 Å². The van der Waals surface area contributed by atoms with Crippen LogP contribution in [0, 0.1) is 6.92 Å². The quantitative estimate of drug-likeness (QED) is 0.862. The van der Waals surface area contributed by atoms with Crippen LogP contribution in [0.1, 0.15) is 25.6 Å². The molecule has 21 heavy (non-hydrogen) atoms. The van der Waals surface area contributed by atoms with E-state index < -0.39 is 0 Å². The number of amides is 2. The third-order valence-corrected chi connectivity index (χ3v) is 3.26. The van der Waals surface area contributed by atoms with Gasteiger partial charge >= 0.3 is 0 Å². The lowest BCUT2D eigenvalue weighted by molar-refractivity contribution is -0.134. The molecular weight excluding hydrogens is 272 g/mol. The monoisotopic (exact) mass is 292 g/mol. The minimum atomic E-state index is -0.204. The molecule has 1 aromatic heterocycles. The SMILES string of the molecule is CC(=O)NCC(=O)N1CCCC(Oc2ccnc(C)n2)C1. The Labute approximate surface area is 123 Å². The Kier molecular flexibility index (Phi) is 5.08. The first-order valence-electron chi connectivity index (χ1n) is 7.03. The molecule has 0 aromatic carbocycles. The lowest BCUT2D eigenvalue weighted by Crippen LogP contribution is -2.47. The maximum atomic E-state index is 12.0. The fourth-order valence-corrected chi connectivity index (χ4v) is 2.24.